The van der Waals surface area contributed by atoms with E-state index in [9.17, 15) is 0 Å². The molecule has 3 unspecified atom stereocenters. The minimum Gasteiger partial charge on any atom is -0.370 e. The maximum atomic E-state index is 5.42. The van der Waals surface area contributed by atoms with Crippen molar-refractivity contribution in [2.24, 2.45) is 5.92 Å². The lowest BCUT2D eigenvalue weighted by atomic mass is 9.90. The average Bonchev–Trinajstić information content (AvgIpc) is 2.83. The van der Waals surface area contributed by atoms with Gasteiger partial charge < -0.3 is 4.74 Å². The van der Waals surface area contributed by atoms with Gasteiger partial charge in [-0.15, -0.1) is 0 Å². The number of rotatable bonds is 4. The quantitative estimate of drug-likeness (QED) is 0.279. The first-order valence-electron chi connectivity index (χ1n) is 4.80. The zero-order valence-corrected chi connectivity index (χ0v) is 7.49. The molecule has 2 fully saturated rings. The van der Waals surface area contributed by atoms with E-state index in [0.717, 1.165) is 13.0 Å². The van der Waals surface area contributed by atoms with Gasteiger partial charge >= 0.3 is 0 Å². The summed E-state index contributed by atoms with van der Waals surface area (Å²) in [6.45, 7) is 3.30. The van der Waals surface area contributed by atoms with E-state index in [4.69, 9.17) is 14.5 Å². The third-order valence-electron chi connectivity index (χ3n) is 2.62. The Morgan fingerprint density at radius 1 is 1.25 bits per heavy atom. The third-order valence-corrected chi connectivity index (χ3v) is 2.62. The predicted molar refractivity (Wildman–Crippen MR) is 43.6 cm³/mol. The van der Waals surface area contributed by atoms with E-state index in [1.165, 1.54) is 12.8 Å². The Bertz CT molecular complexity index is 149. The largest absolute Gasteiger partial charge is 0.370 e. The first-order chi connectivity index (χ1) is 5.90. The highest BCUT2D eigenvalue weighted by Gasteiger charge is 2.43. The van der Waals surface area contributed by atoms with Crippen molar-refractivity contribution >= 4 is 0 Å². The minimum atomic E-state index is 0.550. The number of hydrogen-bond donors (Lipinski definition) is 0. The van der Waals surface area contributed by atoms with Crippen molar-refractivity contribution in [2.45, 2.75) is 38.4 Å². The van der Waals surface area contributed by atoms with Crippen LogP contribution in [0.5, 0.6) is 0 Å². The molecule has 0 spiro atoms. The van der Waals surface area contributed by atoms with Crippen LogP contribution in [0.2, 0.25) is 0 Å². The molecule has 0 amide bonds. The minimum absolute atomic E-state index is 0.550. The van der Waals surface area contributed by atoms with Crippen LogP contribution in [0, 0.1) is 5.92 Å². The van der Waals surface area contributed by atoms with Gasteiger partial charge in [0, 0.05) is 0 Å². The third kappa shape index (κ3) is 1.97. The van der Waals surface area contributed by atoms with Crippen molar-refractivity contribution in [3.63, 3.8) is 0 Å². The van der Waals surface area contributed by atoms with Crippen molar-refractivity contribution in [1.82, 2.24) is 0 Å². The van der Waals surface area contributed by atoms with Gasteiger partial charge in [-0.3, -0.25) is 0 Å². The number of hydrogen-bond acceptors (Lipinski definition) is 3. The van der Waals surface area contributed by atoms with Gasteiger partial charge in [-0.05, 0) is 32.1 Å². The summed E-state index contributed by atoms with van der Waals surface area (Å²) in [6, 6.07) is 0. The molecule has 1 saturated heterocycles. The molecule has 1 saturated carbocycles. The second-order valence-corrected chi connectivity index (χ2v) is 3.58. The first kappa shape index (κ1) is 8.48. The fraction of sp³-hybridized carbons (Fsp3) is 1.00. The van der Waals surface area contributed by atoms with E-state index >= 15 is 0 Å². The summed E-state index contributed by atoms with van der Waals surface area (Å²) in [5, 5.41) is 0. The summed E-state index contributed by atoms with van der Waals surface area (Å²) >= 11 is 0. The molecular weight excluding hydrogens is 156 g/mol. The SMILES string of the molecule is CCOOCC1CCC2OC2C1. The second kappa shape index (κ2) is 3.73. The van der Waals surface area contributed by atoms with E-state index in [1.807, 2.05) is 6.92 Å². The van der Waals surface area contributed by atoms with Gasteiger partial charge in [0.25, 0.3) is 0 Å². The van der Waals surface area contributed by atoms with Crippen molar-refractivity contribution < 1.29 is 14.5 Å². The van der Waals surface area contributed by atoms with Gasteiger partial charge in [0.2, 0.25) is 0 Å². The van der Waals surface area contributed by atoms with Crippen LogP contribution in [0.15, 0.2) is 0 Å². The molecule has 3 nitrogen and oxygen atoms in total. The van der Waals surface area contributed by atoms with Crippen LogP contribution < -0.4 is 0 Å². The van der Waals surface area contributed by atoms with Gasteiger partial charge in [0.15, 0.2) is 0 Å². The molecular formula is C9H16O3. The lowest BCUT2D eigenvalue weighted by Gasteiger charge is -2.17. The molecule has 3 atom stereocenters. The molecule has 2 rings (SSSR count). The van der Waals surface area contributed by atoms with Gasteiger partial charge in [0.05, 0.1) is 25.4 Å². The van der Waals surface area contributed by atoms with E-state index < -0.39 is 0 Å². The van der Waals surface area contributed by atoms with Crippen molar-refractivity contribution in [1.29, 1.82) is 0 Å². The van der Waals surface area contributed by atoms with Crippen LogP contribution in [-0.2, 0) is 14.5 Å². The lowest BCUT2D eigenvalue weighted by Crippen LogP contribution is -2.18. The molecule has 1 heterocycles. The smallest absolute Gasteiger partial charge is 0.0851 e. The Hall–Kier alpha value is -0.120. The van der Waals surface area contributed by atoms with Crippen LogP contribution in [0.4, 0.5) is 0 Å². The fourth-order valence-electron chi connectivity index (χ4n) is 1.87. The Labute approximate surface area is 72.9 Å². The summed E-state index contributed by atoms with van der Waals surface area (Å²) in [5.41, 5.74) is 0. The van der Waals surface area contributed by atoms with Gasteiger partial charge in [-0.25, -0.2) is 9.78 Å². The Morgan fingerprint density at radius 2 is 2.17 bits per heavy atom. The maximum absolute atomic E-state index is 5.42. The molecule has 0 aromatic heterocycles. The summed E-state index contributed by atoms with van der Waals surface area (Å²) in [7, 11) is 0. The van der Waals surface area contributed by atoms with E-state index in [0.29, 0.717) is 24.7 Å². The zero-order valence-electron chi connectivity index (χ0n) is 7.49. The van der Waals surface area contributed by atoms with E-state index in [2.05, 4.69) is 0 Å². The summed E-state index contributed by atoms with van der Waals surface area (Å²) < 4.78 is 5.42. The molecule has 3 heteroatoms. The molecule has 1 aliphatic carbocycles. The second-order valence-electron chi connectivity index (χ2n) is 3.58. The van der Waals surface area contributed by atoms with Gasteiger partial charge in [-0.2, -0.15) is 0 Å². The zero-order chi connectivity index (χ0) is 8.39. The Balaban J connectivity index is 1.61. The number of epoxide rings is 1. The molecule has 0 radical (unpaired) electrons. The number of fused-ring (bicyclic) bond motifs is 1. The van der Waals surface area contributed by atoms with Crippen LogP contribution in [-0.4, -0.2) is 25.4 Å². The predicted octanol–water partition coefficient (Wildman–Crippen LogP) is 1.52. The summed E-state index contributed by atoms with van der Waals surface area (Å²) in [4.78, 5) is 9.88. The molecule has 70 valence electrons. The van der Waals surface area contributed by atoms with Crippen molar-refractivity contribution in [3.05, 3.63) is 0 Å². The molecule has 0 aromatic carbocycles. The first-order valence-corrected chi connectivity index (χ1v) is 4.80. The Morgan fingerprint density at radius 3 is 2.92 bits per heavy atom. The number of ether oxygens (including phenoxy) is 1. The highest BCUT2D eigenvalue weighted by atomic mass is 17.2. The molecule has 0 N–H and O–H groups in total. The molecule has 12 heavy (non-hydrogen) atoms. The Kier molecular flexibility index (Phi) is 2.63. The fourth-order valence-corrected chi connectivity index (χ4v) is 1.87. The van der Waals surface area contributed by atoms with Crippen molar-refractivity contribution in [2.75, 3.05) is 13.2 Å². The van der Waals surface area contributed by atoms with Crippen LogP contribution in [0.3, 0.4) is 0 Å². The topological polar surface area (TPSA) is 31.0 Å². The molecule has 0 bridgehead atoms. The lowest BCUT2D eigenvalue weighted by molar-refractivity contribution is -0.298. The van der Waals surface area contributed by atoms with Gasteiger partial charge in [-0.1, -0.05) is 0 Å². The van der Waals surface area contributed by atoms with Crippen LogP contribution in [0.25, 0.3) is 0 Å². The van der Waals surface area contributed by atoms with Crippen molar-refractivity contribution in [3.8, 4) is 0 Å². The monoisotopic (exact) mass is 172 g/mol. The van der Waals surface area contributed by atoms with Crippen LogP contribution in [0.1, 0.15) is 26.2 Å². The van der Waals surface area contributed by atoms with Crippen LogP contribution >= 0.6 is 0 Å². The summed E-state index contributed by atoms with van der Waals surface area (Å²) in [5.74, 6) is 0.653. The van der Waals surface area contributed by atoms with Gasteiger partial charge in [0.1, 0.15) is 0 Å². The standard InChI is InChI=1S/C9H16O3/c1-2-10-11-6-7-3-4-8-9(5-7)12-8/h7-9H,2-6H2,1H3. The molecule has 2 aliphatic rings. The molecule has 1 aliphatic heterocycles. The maximum Gasteiger partial charge on any atom is 0.0851 e. The highest BCUT2D eigenvalue weighted by Crippen LogP contribution is 2.39. The summed E-state index contributed by atoms with van der Waals surface area (Å²) in [6.07, 6.45) is 4.75. The van der Waals surface area contributed by atoms with E-state index in [1.54, 1.807) is 0 Å². The average molecular weight is 172 g/mol. The highest BCUT2D eigenvalue weighted by molar-refractivity contribution is 4.91. The van der Waals surface area contributed by atoms with E-state index in [-0.39, 0.29) is 0 Å². The normalized spacial score (nSPS) is 39.2. The molecule has 0 aromatic rings.